The Morgan fingerprint density at radius 1 is 1.32 bits per heavy atom. The van der Waals surface area contributed by atoms with Crippen molar-refractivity contribution in [1.29, 1.82) is 0 Å². The van der Waals surface area contributed by atoms with Crippen LogP contribution in [0.2, 0.25) is 0 Å². The van der Waals surface area contributed by atoms with Gasteiger partial charge < -0.3 is 5.43 Å². The van der Waals surface area contributed by atoms with Gasteiger partial charge in [0.1, 0.15) is 10.7 Å². The average molecular weight is 298 g/mol. The van der Waals surface area contributed by atoms with Crippen molar-refractivity contribution in [2.24, 2.45) is 5.84 Å². The number of hydrazine groups is 1. The summed E-state index contributed by atoms with van der Waals surface area (Å²) in [6.45, 7) is 0.357. The summed E-state index contributed by atoms with van der Waals surface area (Å²) in [6, 6.07) is 4.94. The number of nitrogen functional groups attached to an aromatic ring is 1. The molecule has 0 atom stereocenters. The van der Waals surface area contributed by atoms with Crippen LogP contribution < -0.4 is 16.0 Å². The molecule has 0 aliphatic rings. The Bertz CT molecular complexity index is 609. The molecule has 0 spiro atoms. The molecule has 0 bridgehead atoms. The van der Waals surface area contributed by atoms with E-state index in [0.717, 1.165) is 5.56 Å². The Hall–Kier alpha value is -1.48. The van der Waals surface area contributed by atoms with Gasteiger partial charge in [-0.25, -0.2) is 24.0 Å². The summed E-state index contributed by atoms with van der Waals surface area (Å²) in [5, 5.41) is 3.96. The van der Waals surface area contributed by atoms with Crippen molar-refractivity contribution in [3.8, 4) is 0 Å². The zero-order valence-electron chi connectivity index (χ0n) is 10.0. The molecule has 2 aromatic heterocycles. The number of pyridine rings is 1. The van der Waals surface area contributed by atoms with Crippen molar-refractivity contribution >= 4 is 27.2 Å². The highest BCUT2D eigenvalue weighted by Crippen LogP contribution is 2.10. The van der Waals surface area contributed by atoms with Crippen molar-refractivity contribution in [1.82, 2.24) is 9.71 Å². The van der Waals surface area contributed by atoms with Crippen LogP contribution in [-0.2, 0) is 16.4 Å². The fraction of sp³-hybridized carbons (Fsp3) is 0.182. The van der Waals surface area contributed by atoms with Crippen LogP contribution in [0, 0.1) is 0 Å². The first-order chi connectivity index (χ1) is 9.12. The zero-order valence-corrected chi connectivity index (χ0v) is 11.7. The number of anilines is 1. The third-order valence-electron chi connectivity index (χ3n) is 2.48. The van der Waals surface area contributed by atoms with Crippen LogP contribution in [0.1, 0.15) is 5.56 Å². The Morgan fingerprint density at radius 2 is 2.16 bits per heavy atom. The number of rotatable bonds is 6. The number of nitrogens with one attached hydrogen (secondary N) is 2. The molecule has 0 saturated heterocycles. The lowest BCUT2D eigenvalue weighted by Crippen LogP contribution is -2.26. The number of hydrogen-bond acceptors (Lipinski definition) is 6. The minimum absolute atomic E-state index is 0.122. The second-order valence-electron chi connectivity index (χ2n) is 3.80. The first-order valence-corrected chi connectivity index (χ1v) is 7.98. The highest BCUT2D eigenvalue weighted by atomic mass is 32.2. The van der Waals surface area contributed by atoms with Gasteiger partial charge in [0.2, 0.25) is 10.0 Å². The maximum Gasteiger partial charge on any atom is 0.242 e. The molecule has 0 radical (unpaired) electrons. The average Bonchev–Trinajstić information content (AvgIpc) is 2.92. The van der Waals surface area contributed by atoms with Crippen LogP contribution in [0.5, 0.6) is 0 Å². The Kier molecular flexibility index (Phi) is 4.48. The molecule has 0 saturated carbocycles. The highest BCUT2D eigenvalue weighted by Gasteiger charge is 2.13. The van der Waals surface area contributed by atoms with Gasteiger partial charge in [-0.1, -0.05) is 0 Å². The van der Waals surface area contributed by atoms with Gasteiger partial charge in [0.25, 0.3) is 0 Å². The van der Waals surface area contributed by atoms with E-state index in [0.29, 0.717) is 18.8 Å². The van der Waals surface area contributed by atoms with Crippen molar-refractivity contribution in [2.45, 2.75) is 11.3 Å². The summed E-state index contributed by atoms with van der Waals surface area (Å²) < 4.78 is 26.5. The molecule has 0 amide bonds. The summed E-state index contributed by atoms with van der Waals surface area (Å²) in [7, 11) is -3.52. The largest absolute Gasteiger partial charge is 0.308 e. The fourth-order valence-corrected chi connectivity index (χ4v) is 3.15. The minimum atomic E-state index is -3.52. The number of aromatic nitrogens is 1. The highest BCUT2D eigenvalue weighted by molar-refractivity contribution is 7.89. The quantitative estimate of drug-likeness (QED) is 0.545. The van der Waals surface area contributed by atoms with Crippen molar-refractivity contribution in [2.75, 3.05) is 12.0 Å². The predicted molar refractivity (Wildman–Crippen MR) is 75.3 cm³/mol. The predicted octanol–water partition coefficient (Wildman–Crippen LogP) is 0.950. The van der Waals surface area contributed by atoms with Gasteiger partial charge >= 0.3 is 0 Å². The fourth-order valence-electron chi connectivity index (χ4n) is 1.47. The number of nitrogens with zero attached hydrogens (tertiary/aromatic N) is 1. The molecule has 102 valence electrons. The van der Waals surface area contributed by atoms with Crippen LogP contribution in [0.15, 0.2) is 40.1 Å². The monoisotopic (exact) mass is 298 g/mol. The van der Waals surface area contributed by atoms with Gasteiger partial charge in [-0.2, -0.15) is 11.3 Å². The summed E-state index contributed by atoms with van der Waals surface area (Å²) in [5.74, 6) is 5.58. The van der Waals surface area contributed by atoms with E-state index in [9.17, 15) is 8.42 Å². The zero-order chi connectivity index (χ0) is 13.7. The molecule has 2 aromatic rings. The topological polar surface area (TPSA) is 97.1 Å². The molecule has 2 rings (SSSR count). The van der Waals surface area contributed by atoms with E-state index in [2.05, 4.69) is 15.1 Å². The lowest BCUT2D eigenvalue weighted by atomic mass is 10.2. The lowest BCUT2D eigenvalue weighted by Gasteiger charge is -2.06. The third-order valence-corrected chi connectivity index (χ3v) is 4.66. The summed E-state index contributed by atoms with van der Waals surface area (Å²) in [5.41, 5.74) is 3.46. The van der Waals surface area contributed by atoms with Gasteiger partial charge in [0.05, 0.1) is 0 Å². The molecule has 19 heavy (non-hydrogen) atoms. The second kappa shape index (κ2) is 6.11. The van der Waals surface area contributed by atoms with Gasteiger partial charge in [0.15, 0.2) is 0 Å². The van der Waals surface area contributed by atoms with Crippen molar-refractivity contribution < 1.29 is 8.42 Å². The molecule has 2 heterocycles. The molecule has 0 aliphatic heterocycles. The molecular formula is C11H14N4O2S2. The normalized spacial score (nSPS) is 11.4. The lowest BCUT2D eigenvalue weighted by molar-refractivity contribution is 0.581. The Balaban J connectivity index is 1.97. The Labute approximate surface area is 115 Å². The van der Waals surface area contributed by atoms with E-state index in [-0.39, 0.29) is 4.90 Å². The van der Waals surface area contributed by atoms with Crippen LogP contribution in [0.25, 0.3) is 0 Å². The van der Waals surface area contributed by atoms with Crippen LogP contribution >= 0.6 is 11.3 Å². The molecular weight excluding hydrogens is 284 g/mol. The molecule has 0 aromatic carbocycles. The Morgan fingerprint density at radius 3 is 2.74 bits per heavy atom. The minimum Gasteiger partial charge on any atom is -0.308 e. The number of sulfonamides is 1. The second-order valence-corrected chi connectivity index (χ2v) is 6.35. The van der Waals surface area contributed by atoms with E-state index < -0.39 is 10.0 Å². The molecule has 0 unspecified atom stereocenters. The third kappa shape index (κ3) is 3.74. The number of thiophene rings is 1. The number of nitrogens with two attached hydrogens (primary N) is 1. The summed E-state index contributed by atoms with van der Waals surface area (Å²) in [6.07, 6.45) is 1.93. The standard InChI is InChI=1S/C11H14N4O2S2/c12-15-11-2-1-10(7-13-11)19(16,17)14-5-3-9-4-6-18-8-9/h1-2,4,6-8,14H,3,5,12H2,(H,13,15). The van der Waals surface area contributed by atoms with Gasteiger partial charge in [0, 0.05) is 12.7 Å². The SMILES string of the molecule is NNc1ccc(S(=O)(=O)NCCc2ccsc2)cn1. The van der Waals surface area contributed by atoms with Crippen molar-refractivity contribution in [3.05, 3.63) is 40.7 Å². The maximum absolute atomic E-state index is 12.0. The molecule has 0 aliphatic carbocycles. The van der Waals surface area contributed by atoms with Crippen LogP contribution in [0.3, 0.4) is 0 Å². The summed E-state index contributed by atoms with van der Waals surface area (Å²) >= 11 is 1.59. The van der Waals surface area contributed by atoms with Gasteiger partial charge in [-0.15, -0.1) is 0 Å². The number of hydrogen-bond donors (Lipinski definition) is 3. The van der Waals surface area contributed by atoms with Crippen LogP contribution in [-0.4, -0.2) is 19.9 Å². The first-order valence-electron chi connectivity index (χ1n) is 5.55. The van der Waals surface area contributed by atoms with Gasteiger partial charge in [-0.3, -0.25) is 0 Å². The molecule has 4 N–H and O–H groups in total. The van der Waals surface area contributed by atoms with Crippen molar-refractivity contribution in [3.63, 3.8) is 0 Å². The molecule has 8 heteroatoms. The van der Waals surface area contributed by atoms with E-state index >= 15 is 0 Å². The molecule has 0 fully saturated rings. The van der Waals surface area contributed by atoms with E-state index in [1.807, 2.05) is 16.8 Å². The smallest absolute Gasteiger partial charge is 0.242 e. The first kappa shape index (κ1) is 13.9. The van der Waals surface area contributed by atoms with Crippen LogP contribution in [0.4, 0.5) is 5.82 Å². The van der Waals surface area contributed by atoms with E-state index in [4.69, 9.17) is 5.84 Å². The van der Waals surface area contributed by atoms with Gasteiger partial charge in [-0.05, 0) is 40.9 Å². The summed E-state index contributed by atoms with van der Waals surface area (Å²) in [4.78, 5) is 3.99. The molecule has 6 nitrogen and oxygen atoms in total. The van der Waals surface area contributed by atoms with E-state index in [1.165, 1.54) is 18.3 Å². The van der Waals surface area contributed by atoms with E-state index in [1.54, 1.807) is 11.3 Å². The maximum atomic E-state index is 12.0.